The van der Waals surface area contributed by atoms with E-state index in [1.54, 1.807) is 0 Å². The molecule has 0 saturated carbocycles. The van der Waals surface area contributed by atoms with Crippen LogP contribution in [0.4, 0.5) is 5.69 Å². The van der Waals surface area contributed by atoms with E-state index in [4.69, 9.17) is 4.74 Å². The van der Waals surface area contributed by atoms with Crippen LogP contribution < -0.4 is 5.32 Å². The van der Waals surface area contributed by atoms with E-state index in [-0.39, 0.29) is 17.9 Å². The molecule has 2 unspecified atom stereocenters. The molecule has 2 rings (SSSR count). The van der Waals surface area contributed by atoms with Gasteiger partial charge in [-0.25, -0.2) is 4.79 Å². The zero-order valence-corrected chi connectivity index (χ0v) is 17.4. The molecule has 2 atom stereocenters. The number of rotatable bonds is 6. The molecular weight excluding hydrogens is 350 g/mol. The van der Waals surface area contributed by atoms with Gasteiger partial charge in [0.05, 0.1) is 13.2 Å². The first-order valence-corrected chi connectivity index (χ1v) is 12.5. The van der Waals surface area contributed by atoms with Gasteiger partial charge in [0.1, 0.15) is 8.07 Å². The van der Waals surface area contributed by atoms with E-state index in [1.807, 2.05) is 54.6 Å². The van der Waals surface area contributed by atoms with E-state index in [1.165, 1.54) is 13.2 Å². The van der Waals surface area contributed by atoms with Crippen molar-refractivity contribution in [2.75, 3.05) is 12.4 Å². The Hall–Kier alpha value is -2.77. The number of benzene rings is 2. The second kappa shape index (κ2) is 9.80. The van der Waals surface area contributed by atoms with Gasteiger partial charge in [-0.1, -0.05) is 80.2 Å². The summed E-state index contributed by atoms with van der Waals surface area (Å²) in [4.78, 5) is 11.7. The first-order valence-electron chi connectivity index (χ1n) is 9.04. The number of carbonyl (C=O) groups excluding carboxylic acids is 1. The van der Waals surface area contributed by atoms with Gasteiger partial charge in [0.2, 0.25) is 0 Å². The summed E-state index contributed by atoms with van der Waals surface area (Å²) in [6, 6.07) is 20.0. The number of anilines is 1. The van der Waals surface area contributed by atoms with Gasteiger partial charge in [-0.15, -0.1) is 5.54 Å². The third kappa shape index (κ3) is 7.16. The molecule has 0 spiro atoms. The van der Waals surface area contributed by atoms with Crippen LogP contribution >= 0.6 is 0 Å². The number of para-hydroxylation sites is 1. The zero-order chi connectivity index (χ0) is 19.7. The maximum absolute atomic E-state index is 11.7. The molecule has 0 fully saturated rings. The van der Waals surface area contributed by atoms with Gasteiger partial charge in [0, 0.05) is 17.7 Å². The number of ether oxygens (including phenoxy) is 1. The Morgan fingerprint density at radius 3 is 2.19 bits per heavy atom. The molecule has 3 nitrogen and oxygen atoms in total. The number of esters is 1. The molecule has 2 aromatic rings. The minimum atomic E-state index is -1.55. The fourth-order valence-corrected chi connectivity index (χ4v) is 3.15. The van der Waals surface area contributed by atoms with E-state index in [0.29, 0.717) is 0 Å². The van der Waals surface area contributed by atoms with Crippen molar-refractivity contribution in [3.63, 3.8) is 0 Å². The Bertz CT molecular complexity index is 814. The minimum Gasteiger partial charge on any atom is -0.466 e. The topological polar surface area (TPSA) is 38.3 Å². The smallest absolute Gasteiger partial charge is 0.330 e. The molecule has 0 amide bonds. The van der Waals surface area contributed by atoms with Crippen molar-refractivity contribution in [2.24, 2.45) is 0 Å². The minimum absolute atomic E-state index is 0.0886. The SMILES string of the molecule is COC(=O)/C=C/C(c1ccccc1)C(C#C[Si](C)(C)C)Nc1ccccc1. The predicted molar refractivity (Wildman–Crippen MR) is 115 cm³/mol. The fourth-order valence-electron chi connectivity index (χ4n) is 2.56. The van der Waals surface area contributed by atoms with Gasteiger partial charge >= 0.3 is 5.97 Å². The van der Waals surface area contributed by atoms with Crippen LogP contribution in [0.2, 0.25) is 19.6 Å². The Labute approximate surface area is 163 Å². The number of methoxy groups -OCH3 is 1. The summed E-state index contributed by atoms with van der Waals surface area (Å²) in [6.07, 6.45) is 3.36. The summed E-state index contributed by atoms with van der Waals surface area (Å²) in [7, 11) is -0.169. The monoisotopic (exact) mass is 377 g/mol. The van der Waals surface area contributed by atoms with Crippen LogP contribution in [-0.2, 0) is 9.53 Å². The van der Waals surface area contributed by atoms with Crippen LogP contribution in [0, 0.1) is 11.5 Å². The summed E-state index contributed by atoms with van der Waals surface area (Å²) >= 11 is 0. The second-order valence-electron chi connectivity index (χ2n) is 7.33. The average Bonchev–Trinajstić information content (AvgIpc) is 2.66. The lowest BCUT2D eigenvalue weighted by Gasteiger charge is -2.24. The van der Waals surface area contributed by atoms with Crippen LogP contribution in [-0.4, -0.2) is 27.2 Å². The molecule has 1 N–H and O–H groups in total. The highest BCUT2D eigenvalue weighted by atomic mass is 28.3. The van der Waals surface area contributed by atoms with Gasteiger partial charge in [-0.2, -0.15) is 0 Å². The lowest BCUT2D eigenvalue weighted by molar-refractivity contribution is -0.134. The molecule has 140 valence electrons. The van der Waals surface area contributed by atoms with E-state index in [2.05, 4.69) is 48.6 Å². The second-order valence-corrected chi connectivity index (χ2v) is 12.1. The average molecular weight is 378 g/mol. The summed E-state index contributed by atoms with van der Waals surface area (Å²) in [6.45, 7) is 6.67. The largest absolute Gasteiger partial charge is 0.466 e. The Morgan fingerprint density at radius 2 is 1.63 bits per heavy atom. The van der Waals surface area contributed by atoms with Gasteiger partial charge in [-0.05, 0) is 17.7 Å². The van der Waals surface area contributed by atoms with E-state index in [0.717, 1.165) is 11.3 Å². The van der Waals surface area contributed by atoms with E-state index >= 15 is 0 Å². The van der Waals surface area contributed by atoms with Crippen molar-refractivity contribution >= 4 is 19.7 Å². The molecule has 0 radical (unpaired) electrons. The van der Waals surface area contributed by atoms with E-state index in [9.17, 15) is 4.79 Å². The number of hydrogen-bond acceptors (Lipinski definition) is 3. The number of nitrogens with one attached hydrogen (secondary N) is 1. The maximum Gasteiger partial charge on any atom is 0.330 e. The first-order chi connectivity index (χ1) is 12.9. The van der Waals surface area contributed by atoms with Crippen molar-refractivity contribution < 1.29 is 9.53 Å². The highest BCUT2D eigenvalue weighted by Gasteiger charge is 2.20. The van der Waals surface area contributed by atoms with Crippen molar-refractivity contribution in [3.05, 3.63) is 78.4 Å². The van der Waals surface area contributed by atoms with Crippen LogP contribution in [0.5, 0.6) is 0 Å². The Balaban J connectivity index is 2.45. The highest BCUT2D eigenvalue weighted by molar-refractivity contribution is 6.83. The maximum atomic E-state index is 11.7. The Morgan fingerprint density at radius 1 is 1.04 bits per heavy atom. The molecule has 0 aromatic heterocycles. The summed E-state index contributed by atoms with van der Waals surface area (Å²) in [5, 5.41) is 3.54. The van der Waals surface area contributed by atoms with Crippen molar-refractivity contribution in [2.45, 2.75) is 31.6 Å². The highest BCUT2D eigenvalue weighted by Crippen LogP contribution is 2.24. The number of hydrogen-bond donors (Lipinski definition) is 1. The predicted octanol–water partition coefficient (Wildman–Crippen LogP) is 4.86. The molecule has 0 aliphatic heterocycles. The van der Waals surface area contributed by atoms with Crippen molar-refractivity contribution in [3.8, 4) is 11.5 Å². The first kappa shape index (κ1) is 20.5. The molecule has 27 heavy (non-hydrogen) atoms. The van der Waals surface area contributed by atoms with Crippen LogP contribution in [0.15, 0.2) is 72.8 Å². The molecule has 0 aliphatic carbocycles. The summed E-state index contributed by atoms with van der Waals surface area (Å²) < 4.78 is 4.77. The third-order valence-electron chi connectivity index (χ3n) is 3.88. The molecule has 2 aromatic carbocycles. The number of carbonyl (C=O) groups is 1. The van der Waals surface area contributed by atoms with Crippen LogP contribution in [0.3, 0.4) is 0 Å². The lowest BCUT2D eigenvalue weighted by Crippen LogP contribution is -2.27. The summed E-state index contributed by atoms with van der Waals surface area (Å²) in [5.41, 5.74) is 5.56. The van der Waals surface area contributed by atoms with Crippen molar-refractivity contribution in [1.29, 1.82) is 0 Å². The Kier molecular flexibility index (Phi) is 7.45. The van der Waals surface area contributed by atoms with Gasteiger partial charge in [0.25, 0.3) is 0 Å². The molecule has 0 bridgehead atoms. The quantitative estimate of drug-likeness (QED) is 0.338. The van der Waals surface area contributed by atoms with Crippen molar-refractivity contribution in [1.82, 2.24) is 0 Å². The molecule has 0 saturated heterocycles. The zero-order valence-electron chi connectivity index (χ0n) is 16.4. The standard InChI is InChI=1S/C23H27NO2Si/c1-26-23(25)16-15-21(19-11-7-5-8-12-19)22(17-18-27(2,3)4)24-20-13-9-6-10-14-20/h5-16,21-22,24H,1-4H3/b16-15+. The van der Waals surface area contributed by atoms with Gasteiger partial charge in [-0.3, -0.25) is 0 Å². The summed E-state index contributed by atoms with van der Waals surface area (Å²) in [5.74, 6) is 2.99. The lowest BCUT2D eigenvalue weighted by atomic mass is 9.91. The molecule has 0 heterocycles. The molecule has 0 aliphatic rings. The van der Waals surface area contributed by atoms with Crippen LogP contribution in [0.25, 0.3) is 0 Å². The third-order valence-corrected chi connectivity index (χ3v) is 4.78. The van der Waals surface area contributed by atoms with E-state index < -0.39 is 8.07 Å². The molecule has 4 heteroatoms. The normalized spacial score (nSPS) is 13.3. The van der Waals surface area contributed by atoms with Gasteiger partial charge in [0.15, 0.2) is 0 Å². The fraction of sp³-hybridized carbons (Fsp3) is 0.261. The molecular formula is C23H27NO2Si. The van der Waals surface area contributed by atoms with Crippen LogP contribution in [0.1, 0.15) is 11.5 Å². The van der Waals surface area contributed by atoms with Gasteiger partial charge < -0.3 is 10.1 Å².